The Balaban J connectivity index is 1.53. The van der Waals surface area contributed by atoms with Crippen LogP contribution in [0.3, 0.4) is 0 Å². The molecule has 0 aliphatic rings. The maximum atomic E-state index is 12.4. The molecule has 2 heterocycles. The summed E-state index contributed by atoms with van der Waals surface area (Å²) in [6.07, 6.45) is 3.36. The van der Waals surface area contributed by atoms with Crippen LogP contribution < -0.4 is 5.43 Å². The Kier molecular flexibility index (Phi) is 6.94. The minimum Gasteiger partial charge on any atom is -0.272 e. The number of hydrogen-bond donors (Lipinski definition) is 1. The highest BCUT2D eigenvalue weighted by Crippen LogP contribution is 2.28. The molecule has 9 heteroatoms. The van der Waals surface area contributed by atoms with Crippen molar-refractivity contribution in [1.29, 1.82) is 0 Å². The van der Waals surface area contributed by atoms with Crippen molar-refractivity contribution in [2.75, 3.05) is 5.75 Å². The summed E-state index contributed by atoms with van der Waals surface area (Å²) in [4.78, 5) is 16.4. The molecule has 0 fully saturated rings. The van der Waals surface area contributed by atoms with Gasteiger partial charge in [0.25, 0.3) is 5.91 Å². The van der Waals surface area contributed by atoms with E-state index >= 15 is 0 Å². The van der Waals surface area contributed by atoms with Crippen LogP contribution in [-0.2, 0) is 4.79 Å². The Hall–Kier alpha value is -3.49. The molecule has 1 N–H and O–H groups in total. The molecule has 4 rings (SSSR count). The van der Waals surface area contributed by atoms with Crippen molar-refractivity contribution in [3.63, 3.8) is 0 Å². The Bertz CT molecular complexity index is 1230. The molecule has 0 saturated carbocycles. The second-order valence-electron chi connectivity index (χ2n) is 6.74. The molecule has 0 aliphatic carbocycles. The van der Waals surface area contributed by atoms with Gasteiger partial charge in [-0.1, -0.05) is 53.7 Å². The van der Waals surface area contributed by atoms with E-state index in [2.05, 4.69) is 25.7 Å². The highest BCUT2D eigenvalue weighted by molar-refractivity contribution is 7.99. The van der Waals surface area contributed by atoms with Gasteiger partial charge in [-0.05, 0) is 43.3 Å². The molecule has 160 valence electrons. The SMILES string of the molecule is C/C(=N\NC(=O)CSc1nnc(-c2ccccc2)n1-c1ccc(Cl)cc1)c1ccncc1. The average Bonchev–Trinajstić information content (AvgIpc) is 3.27. The first kappa shape index (κ1) is 21.7. The van der Waals surface area contributed by atoms with Crippen molar-refractivity contribution in [3.8, 4) is 17.1 Å². The number of benzene rings is 2. The molecule has 2 aromatic heterocycles. The minimum absolute atomic E-state index is 0.133. The number of amides is 1. The Morgan fingerprint density at radius 3 is 2.47 bits per heavy atom. The topological polar surface area (TPSA) is 85.1 Å². The quantitative estimate of drug-likeness (QED) is 0.246. The fourth-order valence-electron chi connectivity index (χ4n) is 2.93. The van der Waals surface area contributed by atoms with Crippen molar-refractivity contribution in [2.24, 2.45) is 5.10 Å². The molecule has 0 bridgehead atoms. The summed E-state index contributed by atoms with van der Waals surface area (Å²) >= 11 is 7.34. The van der Waals surface area contributed by atoms with Gasteiger partial charge >= 0.3 is 0 Å². The monoisotopic (exact) mass is 462 g/mol. The number of rotatable bonds is 7. The van der Waals surface area contributed by atoms with Gasteiger partial charge in [0.15, 0.2) is 11.0 Å². The molecule has 0 spiro atoms. The first-order valence-corrected chi connectivity index (χ1v) is 11.1. The van der Waals surface area contributed by atoms with Crippen molar-refractivity contribution < 1.29 is 4.79 Å². The highest BCUT2D eigenvalue weighted by atomic mass is 35.5. The van der Waals surface area contributed by atoms with Gasteiger partial charge < -0.3 is 0 Å². The van der Waals surface area contributed by atoms with Gasteiger partial charge in [0.1, 0.15) is 0 Å². The number of carbonyl (C=O) groups excluding carboxylic acids is 1. The number of nitrogens with one attached hydrogen (secondary N) is 1. The lowest BCUT2D eigenvalue weighted by Gasteiger charge is -2.10. The van der Waals surface area contributed by atoms with Gasteiger partial charge in [-0.3, -0.25) is 14.3 Å². The predicted octanol–water partition coefficient (Wildman–Crippen LogP) is 4.62. The summed E-state index contributed by atoms with van der Waals surface area (Å²) in [7, 11) is 0. The van der Waals surface area contributed by atoms with Gasteiger partial charge in [-0.15, -0.1) is 10.2 Å². The first-order valence-electron chi connectivity index (χ1n) is 9.75. The molecule has 2 aromatic carbocycles. The standard InChI is InChI=1S/C23H19ClN6OS/c1-16(17-11-13-25-14-12-17)26-27-21(31)15-32-23-29-28-22(18-5-3-2-4-6-18)30(23)20-9-7-19(24)8-10-20/h2-14H,15H2,1H3,(H,27,31)/b26-16+. The van der Waals surface area contributed by atoms with E-state index in [0.717, 1.165) is 16.8 Å². The van der Waals surface area contributed by atoms with Crippen molar-refractivity contribution in [1.82, 2.24) is 25.2 Å². The molecule has 0 unspecified atom stereocenters. The third kappa shape index (κ3) is 5.22. The van der Waals surface area contributed by atoms with Crippen LogP contribution in [-0.4, -0.2) is 37.1 Å². The van der Waals surface area contributed by atoms with E-state index in [4.69, 9.17) is 11.6 Å². The molecule has 7 nitrogen and oxygen atoms in total. The number of hydrazone groups is 1. The lowest BCUT2D eigenvalue weighted by atomic mass is 10.2. The van der Waals surface area contributed by atoms with Crippen molar-refractivity contribution >= 4 is 35.0 Å². The van der Waals surface area contributed by atoms with Crippen molar-refractivity contribution in [3.05, 3.63) is 89.7 Å². The molecular formula is C23H19ClN6OS. The first-order chi connectivity index (χ1) is 15.6. The average molecular weight is 463 g/mol. The number of thioether (sulfide) groups is 1. The van der Waals surface area contributed by atoms with Crippen LogP contribution in [0.4, 0.5) is 0 Å². The van der Waals surface area contributed by atoms with Crippen LogP contribution >= 0.6 is 23.4 Å². The molecule has 0 saturated heterocycles. The number of pyridine rings is 1. The number of aromatic nitrogens is 4. The molecule has 1 amide bonds. The highest BCUT2D eigenvalue weighted by Gasteiger charge is 2.17. The number of nitrogens with zero attached hydrogens (tertiary/aromatic N) is 5. The van der Waals surface area contributed by atoms with Crippen LogP contribution in [0.2, 0.25) is 5.02 Å². The number of hydrogen-bond acceptors (Lipinski definition) is 6. The Labute approximate surface area is 194 Å². The van der Waals surface area contributed by atoms with Crippen molar-refractivity contribution in [2.45, 2.75) is 12.1 Å². The number of carbonyl (C=O) groups is 1. The lowest BCUT2D eigenvalue weighted by molar-refractivity contribution is -0.118. The van der Waals surface area contributed by atoms with Gasteiger partial charge in [0.05, 0.1) is 11.5 Å². The van der Waals surface area contributed by atoms with E-state index < -0.39 is 0 Å². The third-order valence-electron chi connectivity index (χ3n) is 4.53. The lowest BCUT2D eigenvalue weighted by Crippen LogP contribution is -2.21. The van der Waals surface area contributed by atoms with Gasteiger partial charge in [0, 0.05) is 34.2 Å². The normalized spacial score (nSPS) is 11.4. The molecule has 32 heavy (non-hydrogen) atoms. The van der Waals surface area contributed by atoms with Gasteiger partial charge in [-0.2, -0.15) is 5.10 Å². The van der Waals surface area contributed by atoms with E-state index in [1.54, 1.807) is 12.4 Å². The van der Waals surface area contributed by atoms with Crippen LogP contribution in [0, 0.1) is 0 Å². The summed E-state index contributed by atoms with van der Waals surface area (Å²) in [5, 5.41) is 14.1. The molecule has 0 radical (unpaired) electrons. The minimum atomic E-state index is -0.240. The summed E-state index contributed by atoms with van der Waals surface area (Å²) in [6.45, 7) is 1.83. The van der Waals surface area contributed by atoms with Crippen LogP contribution in [0.25, 0.3) is 17.1 Å². The largest absolute Gasteiger partial charge is 0.272 e. The number of halogens is 1. The summed E-state index contributed by atoms with van der Waals surface area (Å²) in [5.41, 5.74) is 5.95. The summed E-state index contributed by atoms with van der Waals surface area (Å²) < 4.78 is 1.91. The smallest absolute Gasteiger partial charge is 0.250 e. The Morgan fingerprint density at radius 1 is 1.03 bits per heavy atom. The van der Waals surface area contributed by atoms with E-state index in [1.165, 1.54) is 11.8 Å². The van der Waals surface area contributed by atoms with Crippen LogP contribution in [0.15, 0.2) is 89.4 Å². The molecule has 0 atom stereocenters. The molecule has 0 aliphatic heterocycles. The zero-order valence-electron chi connectivity index (χ0n) is 17.1. The maximum Gasteiger partial charge on any atom is 0.250 e. The fourth-order valence-corrected chi connectivity index (χ4v) is 3.80. The van der Waals surface area contributed by atoms with Gasteiger partial charge in [-0.25, -0.2) is 5.43 Å². The van der Waals surface area contributed by atoms with E-state index in [9.17, 15) is 4.79 Å². The van der Waals surface area contributed by atoms with Crippen LogP contribution in [0.1, 0.15) is 12.5 Å². The molecular weight excluding hydrogens is 444 g/mol. The zero-order valence-corrected chi connectivity index (χ0v) is 18.7. The Morgan fingerprint density at radius 2 is 1.75 bits per heavy atom. The third-order valence-corrected chi connectivity index (χ3v) is 5.71. The predicted molar refractivity (Wildman–Crippen MR) is 127 cm³/mol. The second kappa shape index (κ2) is 10.2. The van der Waals surface area contributed by atoms with E-state index in [-0.39, 0.29) is 11.7 Å². The van der Waals surface area contributed by atoms with Gasteiger partial charge in [0.2, 0.25) is 0 Å². The fraction of sp³-hybridized carbons (Fsp3) is 0.0870. The summed E-state index contributed by atoms with van der Waals surface area (Å²) in [5.74, 6) is 0.575. The van der Waals surface area contributed by atoms with Crippen LogP contribution in [0.5, 0.6) is 0 Å². The zero-order chi connectivity index (χ0) is 22.3. The van der Waals surface area contributed by atoms with E-state index in [0.29, 0.717) is 21.7 Å². The summed E-state index contributed by atoms with van der Waals surface area (Å²) in [6, 6.07) is 20.8. The molecule has 4 aromatic rings. The maximum absolute atomic E-state index is 12.4. The second-order valence-corrected chi connectivity index (χ2v) is 8.12. The van der Waals surface area contributed by atoms with E-state index in [1.807, 2.05) is 78.2 Å².